The van der Waals surface area contributed by atoms with Crippen LogP contribution in [0.5, 0.6) is 0 Å². The van der Waals surface area contributed by atoms with Crippen LogP contribution in [0.2, 0.25) is 5.15 Å². The zero-order valence-electron chi connectivity index (χ0n) is 8.78. The summed E-state index contributed by atoms with van der Waals surface area (Å²) in [6, 6.07) is 3.31. The number of amides is 1. The van der Waals surface area contributed by atoms with Gasteiger partial charge in [-0.1, -0.05) is 11.6 Å². The Hall–Kier alpha value is -0.740. The molecule has 5 heteroatoms. The van der Waals surface area contributed by atoms with Crippen molar-refractivity contribution in [1.82, 2.24) is 10.3 Å². The predicted octanol–water partition coefficient (Wildman–Crippen LogP) is 2.36. The summed E-state index contributed by atoms with van der Waals surface area (Å²) in [6.45, 7) is 0.742. The van der Waals surface area contributed by atoms with Crippen LogP contribution < -0.4 is 5.32 Å². The number of nitrogens with zero attached hydrogens (tertiary/aromatic N) is 1. The Labute approximate surface area is 104 Å². The van der Waals surface area contributed by atoms with Gasteiger partial charge in [-0.05, 0) is 30.7 Å². The smallest absolute Gasteiger partial charge is 0.252 e. The van der Waals surface area contributed by atoms with Crippen LogP contribution in [0, 0.1) is 0 Å². The Bertz CT molecular complexity index is 363. The number of rotatable bonds is 3. The van der Waals surface area contributed by atoms with Gasteiger partial charge in [-0.3, -0.25) is 4.79 Å². The van der Waals surface area contributed by atoms with Gasteiger partial charge in [-0.15, -0.1) is 0 Å². The highest BCUT2D eigenvalue weighted by Crippen LogP contribution is 2.25. The van der Waals surface area contributed by atoms with E-state index in [0.717, 1.165) is 6.54 Å². The molecule has 3 nitrogen and oxygen atoms in total. The maximum absolute atomic E-state index is 11.7. The van der Waals surface area contributed by atoms with Crippen molar-refractivity contribution in [2.45, 2.75) is 18.1 Å². The van der Waals surface area contributed by atoms with Gasteiger partial charge in [0.1, 0.15) is 5.15 Å². The van der Waals surface area contributed by atoms with Gasteiger partial charge in [0.15, 0.2) is 0 Å². The predicted molar refractivity (Wildman–Crippen MR) is 67.1 cm³/mol. The Morgan fingerprint density at radius 1 is 1.62 bits per heavy atom. The van der Waals surface area contributed by atoms with Gasteiger partial charge in [0, 0.05) is 18.0 Å². The Morgan fingerprint density at radius 3 is 3.12 bits per heavy atom. The van der Waals surface area contributed by atoms with E-state index in [1.807, 2.05) is 11.8 Å². The standard InChI is InChI=1S/C11H13ClN2OS/c12-10-4-3-8(6-13-10)11(15)14-7-9-2-1-5-16-9/h3-4,6,9H,1-2,5,7H2,(H,14,15). The van der Waals surface area contributed by atoms with Gasteiger partial charge < -0.3 is 5.32 Å². The quantitative estimate of drug-likeness (QED) is 0.845. The van der Waals surface area contributed by atoms with E-state index < -0.39 is 0 Å². The number of thioether (sulfide) groups is 1. The third-order valence-corrected chi connectivity index (χ3v) is 4.13. The first-order chi connectivity index (χ1) is 7.75. The first kappa shape index (κ1) is 11.7. The molecule has 1 aromatic rings. The highest BCUT2D eigenvalue weighted by atomic mass is 35.5. The number of hydrogen-bond donors (Lipinski definition) is 1. The molecule has 1 unspecified atom stereocenters. The fraction of sp³-hybridized carbons (Fsp3) is 0.455. The minimum atomic E-state index is -0.0725. The number of carbonyl (C=O) groups is 1. The monoisotopic (exact) mass is 256 g/mol. The summed E-state index contributed by atoms with van der Waals surface area (Å²) >= 11 is 7.58. The molecule has 0 aromatic carbocycles. The molecule has 0 saturated carbocycles. The minimum absolute atomic E-state index is 0.0725. The molecule has 1 saturated heterocycles. The van der Waals surface area contributed by atoms with Crippen LogP contribution in [-0.4, -0.2) is 28.4 Å². The van der Waals surface area contributed by atoms with E-state index in [1.54, 1.807) is 12.1 Å². The molecule has 0 bridgehead atoms. The van der Waals surface area contributed by atoms with Crippen molar-refractivity contribution in [3.8, 4) is 0 Å². The number of halogens is 1. The lowest BCUT2D eigenvalue weighted by Crippen LogP contribution is -2.29. The third-order valence-electron chi connectivity index (χ3n) is 2.50. The van der Waals surface area contributed by atoms with Crippen LogP contribution >= 0.6 is 23.4 Å². The van der Waals surface area contributed by atoms with E-state index in [0.29, 0.717) is 16.0 Å². The van der Waals surface area contributed by atoms with Crippen molar-refractivity contribution < 1.29 is 4.79 Å². The number of carbonyl (C=O) groups excluding carboxylic acids is 1. The lowest BCUT2D eigenvalue weighted by Gasteiger charge is -2.09. The third kappa shape index (κ3) is 3.12. The fourth-order valence-electron chi connectivity index (χ4n) is 1.62. The molecule has 2 rings (SSSR count). The van der Waals surface area contributed by atoms with Crippen LogP contribution in [0.4, 0.5) is 0 Å². The Balaban J connectivity index is 1.85. The number of pyridine rings is 1. The van der Waals surface area contributed by atoms with Gasteiger partial charge >= 0.3 is 0 Å². The van der Waals surface area contributed by atoms with E-state index >= 15 is 0 Å². The molecule has 0 radical (unpaired) electrons. The molecule has 1 fully saturated rings. The van der Waals surface area contributed by atoms with E-state index in [4.69, 9.17) is 11.6 Å². The summed E-state index contributed by atoms with van der Waals surface area (Å²) < 4.78 is 0. The summed E-state index contributed by atoms with van der Waals surface area (Å²) in [5.74, 6) is 1.14. The normalized spacial score (nSPS) is 19.7. The zero-order valence-corrected chi connectivity index (χ0v) is 10.4. The molecule has 86 valence electrons. The minimum Gasteiger partial charge on any atom is -0.351 e. The molecule has 0 aliphatic carbocycles. The number of nitrogens with one attached hydrogen (secondary N) is 1. The maximum Gasteiger partial charge on any atom is 0.252 e. The Morgan fingerprint density at radius 2 is 2.50 bits per heavy atom. The van der Waals surface area contributed by atoms with Crippen molar-refractivity contribution in [3.63, 3.8) is 0 Å². The molecule has 1 aromatic heterocycles. The second-order valence-corrected chi connectivity index (χ2v) is 5.51. The summed E-state index contributed by atoms with van der Waals surface area (Å²) in [4.78, 5) is 15.6. The summed E-state index contributed by atoms with van der Waals surface area (Å²) in [5, 5.41) is 3.90. The molecule has 1 atom stereocenters. The molecular weight excluding hydrogens is 244 g/mol. The van der Waals surface area contributed by atoms with Crippen molar-refractivity contribution in [2.24, 2.45) is 0 Å². The van der Waals surface area contributed by atoms with Crippen LogP contribution in [0.25, 0.3) is 0 Å². The maximum atomic E-state index is 11.7. The first-order valence-corrected chi connectivity index (χ1v) is 6.70. The highest BCUT2D eigenvalue weighted by molar-refractivity contribution is 8.00. The van der Waals surface area contributed by atoms with Crippen LogP contribution in [0.15, 0.2) is 18.3 Å². The fourth-order valence-corrected chi connectivity index (χ4v) is 2.94. The molecule has 1 aliphatic heterocycles. The van der Waals surface area contributed by atoms with Crippen molar-refractivity contribution in [2.75, 3.05) is 12.3 Å². The van der Waals surface area contributed by atoms with Gasteiger partial charge in [0.2, 0.25) is 0 Å². The van der Waals surface area contributed by atoms with E-state index in [1.165, 1.54) is 24.8 Å². The van der Waals surface area contributed by atoms with Gasteiger partial charge in [0.25, 0.3) is 5.91 Å². The van der Waals surface area contributed by atoms with Gasteiger partial charge in [-0.2, -0.15) is 11.8 Å². The lowest BCUT2D eigenvalue weighted by atomic mass is 10.2. The highest BCUT2D eigenvalue weighted by Gasteiger charge is 2.16. The summed E-state index contributed by atoms with van der Waals surface area (Å²) in [7, 11) is 0. The van der Waals surface area contributed by atoms with Crippen LogP contribution in [0.1, 0.15) is 23.2 Å². The van der Waals surface area contributed by atoms with E-state index in [-0.39, 0.29) is 5.91 Å². The first-order valence-electron chi connectivity index (χ1n) is 5.27. The Kier molecular flexibility index (Phi) is 4.07. The molecule has 1 amide bonds. The molecule has 1 N–H and O–H groups in total. The zero-order chi connectivity index (χ0) is 11.4. The van der Waals surface area contributed by atoms with Crippen molar-refractivity contribution in [1.29, 1.82) is 0 Å². The summed E-state index contributed by atoms with van der Waals surface area (Å²) in [6.07, 6.45) is 3.96. The van der Waals surface area contributed by atoms with Crippen molar-refractivity contribution in [3.05, 3.63) is 29.0 Å². The van der Waals surface area contributed by atoms with Gasteiger partial charge in [-0.25, -0.2) is 4.98 Å². The molecule has 2 heterocycles. The molecule has 0 spiro atoms. The largest absolute Gasteiger partial charge is 0.351 e. The average Bonchev–Trinajstić information content (AvgIpc) is 2.80. The van der Waals surface area contributed by atoms with Crippen LogP contribution in [0.3, 0.4) is 0 Å². The second kappa shape index (κ2) is 5.55. The average molecular weight is 257 g/mol. The molecule has 1 aliphatic rings. The van der Waals surface area contributed by atoms with E-state index in [9.17, 15) is 4.79 Å². The van der Waals surface area contributed by atoms with Crippen LogP contribution in [-0.2, 0) is 0 Å². The summed E-state index contributed by atoms with van der Waals surface area (Å²) in [5.41, 5.74) is 0.562. The van der Waals surface area contributed by atoms with E-state index in [2.05, 4.69) is 10.3 Å². The number of hydrogen-bond acceptors (Lipinski definition) is 3. The number of aromatic nitrogens is 1. The topological polar surface area (TPSA) is 42.0 Å². The van der Waals surface area contributed by atoms with Crippen molar-refractivity contribution >= 4 is 29.3 Å². The SMILES string of the molecule is O=C(NCC1CCCS1)c1ccc(Cl)nc1. The molecular formula is C11H13ClN2OS. The van der Waals surface area contributed by atoms with Gasteiger partial charge in [0.05, 0.1) is 5.56 Å². The molecule has 16 heavy (non-hydrogen) atoms. The second-order valence-electron chi connectivity index (χ2n) is 3.71. The lowest BCUT2D eigenvalue weighted by molar-refractivity contribution is 0.0953.